The van der Waals surface area contributed by atoms with Gasteiger partial charge in [0.05, 0.1) is 32.5 Å². The molecule has 1 aromatic heterocycles. The maximum Gasteiger partial charge on any atom is 0.184 e. The van der Waals surface area contributed by atoms with Crippen LogP contribution in [0.2, 0.25) is 0 Å². The molecule has 1 fully saturated rings. The quantitative estimate of drug-likeness (QED) is 0.147. The van der Waals surface area contributed by atoms with E-state index >= 15 is 0 Å². The van der Waals surface area contributed by atoms with Crippen molar-refractivity contribution < 1.29 is 23.7 Å². The molecule has 0 spiro atoms. The summed E-state index contributed by atoms with van der Waals surface area (Å²) in [5.74, 6) is 0. The number of aromatic amines is 1. The molecule has 224 valence electrons. The van der Waals surface area contributed by atoms with Gasteiger partial charge in [-0.15, -0.1) is 0 Å². The number of fused-ring (bicyclic) bond motifs is 1. The predicted molar refractivity (Wildman–Crippen MR) is 165 cm³/mol. The minimum Gasteiger partial charge on any atom is -0.379 e. The van der Waals surface area contributed by atoms with Crippen LogP contribution in [0.1, 0.15) is 42.4 Å². The van der Waals surface area contributed by atoms with Crippen molar-refractivity contribution in [2.24, 2.45) is 5.73 Å². The van der Waals surface area contributed by atoms with Gasteiger partial charge in [0, 0.05) is 30.1 Å². The van der Waals surface area contributed by atoms with E-state index in [1.165, 1.54) is 10.9 Å². The van der Waals surface area contributed by atoms with Gasteiger partial charge in [-0.2, -0.15) is 0 Å². The average molecular weight is 573 g/mol. The molecule has 5 rings (SSSR count). The second kappa shape index (κ2) is 16.6. The molecule has 42 heavy (non-hydrogen) atoms. The molecule has 1 aliphatic heterocycles. The first kappa shape index (κ1) is 30.4. The van der Waals surface area contributed by atoms with E-state index in [4.69, 9.17) is 29.4 Å². The zero-order valence-corrected chi connectivity index (χ0v) is 24.4. The summed E-state index contributed by atoms with van der Waals surface area (Å²) in [4.78, 5) is 3.35. The Morgan fingerprint density at radius 1 is 0.738 bits per heavy atom. The zero-order chi connectivity index (χ0) is 28.8. The number of unbranched alkanes of at least 4 members (excludes halogenated alkanes) is 2. The first-order chi connectivity index (χ1) is 20.8. The van der Waals surface area contributed by atoms with E-state index in [-0.39, 0.29) is 18.3 Å². The summed E-state index contributed by atoms with van der Waals surface area (Å²) >= 11 is 0. The Morgan fingerprint density at radius 2 is 1.43 bits per heavy atom. The van der Waals surface area contributed by atoms with Crippen LogP contribution in [0.5, 0.6) is 0 Å². The molecule has 2 heterocycles. The molecule has 0 saturated carbocycles. The van der Waals surface area contributed by atoms with Crippen LogP contribution in [0.3, 0.4) is 0 Å². The number of benzene rings is 3. The van der Waals surface area contributed by atoms with Gasteiger partial charge in [-0.25, -0.2) is 0 Å². The van der Waals surface area contributed by atoms with Gasteiger partial charge in [0.15, 0.2) is 6.29 Å². The summed E-state index contributed by atoms with van der Waals surface area (Å²) in [7, 11) is 0. The van der Waals surface area contributed by atoms with Crippen LogP contribution < -0.4 is 5.73 Å². The highest BCUT2D eigenvalue weighted by atomic mass is 16.7. The normalized spacial score (nSPS) is 20.7. The third-order valence-electron chi connectivity index (χ3n) is 7.71. The number of aromatic nitrogens is 1. The lowest BCUT2D eigenvalue weighted by Crippen LogP contribution is -2.52. The van der Waals surface area contributed by atoms with Gasteiger partial charge in [0.25, 0.3) is 0 Å². The minimum atomic E-state index is -0.527. The highest BCUT2D eigenvalue weighted by molar-refractivity contribution is 5.83. The van der Waals surface area contributed by atoms with Gasteiger partial charge >= 0.3 is 0 Å². The second-order valence-electron chi connectivity index (χ2n) is 10.9. The highest BCUT2D eigenvalue weighted by Crippen LogP contribution is 2.29. The third kappa shape index (κ3) is 8.98. The Bertz CT molecular complexity index is 1300. The third-order valence-corrected chi connectivity index (χ3v) is 7.71. The fraction of sp³-hybridized carbons (Fsp3) is 0.429. The van der Waals surface area contributed by atoms with E-state index in [9.17, 15) is 0 Å². The van der Waals surface area contributed by atoms with Crippen molar-refractivity contribution in [2.75, 3.05) is 26.4 Å². The van der Waals surface area contributed by atoms with Crippen molar-refractivity contribution in [2.45, 2.75) is 69.9 Å². The molecule has 1 saturated heterocycles. The van der Waals surface area contributed by atoms with Crippen LogP contribution >= 0.6 is 0 Å². The fourth-order valence-corrected chi connectivity index (χ4v) is 5.36. The summed E-state index contributed by atoms with van der Waals surface area (Å²) in [6.45, 7) is 3.31. The lowest BCUT2D eigenvalue weighted by molar-refractivity contribution is -0.289. The topological polar surface area (TPSA) is 88.0 Å². The van der Waals surface area contributed by atoms with Crippen molar-refractivity contribution >= 4 is 10.9 Å². The fourth-order valence-electron chi connectivity index (χ4n) is 5.36. The van der Waals surface area contributed by atoms with E-state index in [1.54, 1.807) is 0 Å². The Labute approximate surface area is 249 Å². The Balaban J connectivity index is 1.25. The van der Waals surface area contributed by atoms with E-state index in [0.29, 0.717) is 46.0 Å². The molecule has 4 aromatic rings. The van der Waals surface area contributed by atoms with Crippen molar-refractivity contribution in [1.82, 2.24) is 4.98 Å². The maximum absolute atomic E-state index is 6.60. The number of para-hydroxylation sites is 1. The monoisotopic (exact) mass is 572 g/mol. The van der Waals surface area contributed by atoms with E-state index in [1.807, 2.05) is 42.5 Å². The largest absolute Gasteiger partial charge is 0.379 e. The van der Waals surface area contributed by atoms with Crippen LogP contribution in [0.25, 0.3) is 10.9 Å². The van der Waals surface area contributed by atoms with Gasteiger partial charge in [0.2, 0.25) is 0 Å². The number of nitrogens with one attached hydrogen (secondary N) is 1. The first-order valence-electron chi connectivity index (χ1n) is 15.2. The molecule has 1 aliphatic rings. The summed E-state index contributed by atoms with van der Waals surface area (Å²) in [5.41, 5.74) is 10.2. The predicted octanol–water partition coefficient (Wildman–Crippen LogP) is 6.16. The summed E-state index contributed by atoms with van der Waals surface area (Å²) in [6.07, 6.45) is 5.27. The van der Waals surface area contributed by atoms with Gasteiger partial charge in [0.1, 0.15) is 12.2 Å². The molecule has 0 radical (unpaired) electrons. The zero-order valence-electron chi connectivity index (χ0n) is 24.4. The Kier molecular flexibility index (Phi) is 12.0. The summed E-state index contributed by atoms with van der Waals surface area (Å²) in [5, 5.41) is 1.22. The molecule has 0 bridgehead atoms. The van der Waals surface area contributed by atoms with Gasteiger partial charge in [-0.05, 0) is 55.0 Å². The van der Waals surface area contributed by atoms with Crippen LogP contribution in [-0.4, -0.2) is 56.0 Å². The average Bonchev–Trinajstić information content (AvgIpc) is 3.45. The Morgan fingerprint density at radius 3 is 2.17 bits per heavy atom. The molecule has 0 aliphatic carbocycles. The van der Waals surface area contributed by atoms with E-state index in [0.717, 1.165) is 42.3 Å². The lowest BCUT2D eigenvalue weighted by Gasteiger charge is -2.41. The van der Waals surface area contributed by atoms with Crippen molar-refractivity contribution in [3.63, 3.8) is 0 Å². The van der Waals surface area contributed by atoms with Crippen LogP contribution in [0, 0.1) is 0 Å². The van der Waals surface area contributed by atoms with Gasteiger partial charge in [-0.3, -0.25) is 0 Å². The van der Waals surface area contributed by atoms with Crippen LogP contribution in [-0.2, 0) is 43.3 Å². The van der Waals surface area contributed by atoms with Crippen LogP contribution in [0.4, 0.5) is 0 Å². The highest BCUT2D eigenvalue weighted by Gasteiger charge is 2.40. The maximum atomic E-state index is 6.60. The molecule has 0 amide bonds. The van der Waals surface area contributed by atoms with Gasteiger partial charge < -0.3 is 34.4 Å². The number of hydrogen-bond acceptors (Lipinski definition) is 6. The van der Waals surface area contributed by atoms with Crippen molar-refractivity contribution in [3.05, 3.63) is 108 Å². The smallest absolute Gasteiger partial charge is 0.184 e. The second-order valence-corrected chi connectivity index (χ2v) is 10.9. The standard InChI is InChI=1S/C35H44N2O5/c36-19-10-3-11-20-38-26-34-32(40-24-27-12-4-1-5-13-27)22-33(41-25-28-14-6-2-7-15-28)35(42-34)39-21-18-29-23-37-31-17-9-8-16-30(29)31/h1-2,4-9,12-17,23,32-35,37H,3,10-11,18-22,24-26,36H2/t32-,33+,34+,35+/m0/s1. The number of H-pyrrole nitrogens is 1. The molecular weight excluding hydrogens is 528 g/mol. The molecule has 7 nitrogen and oxygen atoms in total. The number of rotatable bonds is 17. The van der Waals surface area contributed by atoms with Crippen LogP contribution in [0.15, 0.2) is 91.1 Å². The number of hydrogen-bond donors (Lipinski definition) is 2. The number of ether oxygens (including phenoxy) is 5. The minimum absolute atomic E-state index is 0.191. The van der Waals surface area contributed by atoms with E-state index < -0.39 is 6.29 Å². The molecular formula is C35H44N2O5. The molecule has 3 N–H and O–H groups in total. The lowest BCUT2D eigenvalue weighted by atomic mass is 10.0. The van der Waals surface area contributed by atoms with Gasteiger partial charge in [-0.1, -0.05) is 78.9 Å². The first-order valence-corrected chi connectivity index (χ1v) is 15.2. The Hall–Kier alpha value is -3.04. The summed E-state index contributed by atoms with van der Waals surface area (Å²) < 4.78 is 32.0. The van der Waals surface area contributed by atoms with Crippen molar-refractivity contribution in [1.29, 1.82) is 0 Å². The van der Waals surface area contributed by atoms with Crippen molar-refractivity contribution in [3.8, 4) is 0 Å². The molecule has 7 heteroatoms. The molecule has 3 aromatic carbocycles. The SMILES string of the molecule is NCCCCCOC[C@H]1O[C@@H](OCCc2c[nH]c3ccccc23)[C@H](OCc2ccccc2)C[C@@H]1OCc1ccccc1. The molecule has 0 unspecified atom stereocenters. The van der Waals surface area contributed by atoms with E-state index in [2.05, 4.69) is 53.6 Å². The summed E-state index contributed by atoms with van der Waals surface area (Å²) in [6, 6.07) is 28.8. The molecule has 4 atom stereocenters. The number of nitrogens with two attached hydrogens (primary N) is 1.